The van der Waals surface area contributed by atoms with Crippen LogP contribution in [-0.2, 0) is 24.3 Å². The van der Waals surface area contributed by atoms with Crippen molar-refractivity contribution >= 4 is 28.7 Å². The fraction of sp³-hybridized carbons (Fsp3) is 0.167. The summed E-state index contributed by atoms with van der Waals surface area (Å²) < 4.78 is 2.52. The molecule has 0 aliphatic heterocycles. The van der Waals surface area contributed by atoms with Crippen LogP contribution < -0.4 is 16.4 Å². The van der Waals surface area contributed by atoms with Crippen molar-refractivity contribution in [3.05, 3.63) is 110 Å². The maximum Gasteiger partial charge on any atom is 0.318 e. The fourth-order valence-corrected chi connectivity index (χ4v) is 3.78. The molecular formula is C24H21ClN4O3. The maximum absolute atomic E-state index is 12.9. The smallest absolute Gasteiger partial charge is 0.318 e. The summed E-state index contributed by atoms with van der Waals surface area (Å²) in [5.41, 5.74) is 1.09. The first-order chi connectivity index (χ1) is 15.5. The lowest BCUT2D eigenvalue weighted by atomic mass is 10.1. The van der Waals surface area contributed by atoms with E-state index < -0.39 is 11.1 Å². The van der Waals surface area contributed by atoms with Gasteiger partial charge in [0.2, 0.25) is 5.91 Å². The van der Waals surface area contributed by atoms with E-state index in [-0.39, 0.29) is 19.0 Å². The lowest BCUT2D eigenvalue weighted by Gasteiger charge is -2.14. The number of carbonyl (C=O) groups excluding carboxylic acids is 1. The number of nitrogens with one attached hydrogen (secondary N) is 1. The number of fused-ring (bicyclic) bond motifs is 1. The number of rotatable bonds is 7. The van der Waals surface area contributed by atoms with E-state index in [9.17, 15) is 14.4 Å². The van der Waals surface area contributed by atoms with Gasteiger partial charge in [0.05, 0.1) is 12.1 Å². The summed E-state index contributed by atoms with van der Waals surface area (Å²) in [6.07, 6.45) is 2.11. The molecule has 0 fully saturated rings. The number of halogens is 1. The lowest BCUT2D eigenvalue weighted by Crippen LogP contribution is -2.44. The van der Waals surface area contributed by atoms with Gasteiger partial charge < -0.3 is 5.32 Å². The van der Waals surface area contributed by atoms with Crippen molar-refractivity contribution in [2.45, 2.75) is 19.5 Å². The summed E-state index contributed by atoms with van der Waals surface area (Å²) in [4.78, 5) is 42.6. The number of nitrogens with zero attached hydrogens (tertiary/aromatic N) is 3. The van der Waals surface area contributed by atoms with Crippen molar-refractivity contribution in [2.24, 2.45) is 0 Å². The van der Waals surface area contributed by atoms with E-state index >= 15 is 0 Å². The third-order valence-corrected chi connectivity index (χ3v) is 5.51. The van der Waals surface area contributed by atoms with Gasteiger partial charge in [0.1, 0.15) is 6.54 Å². The first-order valence-corrected chi connectivity index (χ1v) is 10.5. The molecule has 0 saturated heterocycles. The second-order valence-electron chi connectivity index (χ2n) is 7.31. The summed E-state index contributed by atoms with van der Waals surface area (Å²) in [5.74, 6) is -0.371. The molecule has 8 heteroatoms. The van der Waals surface area contributed by atoms with Gasteiger partial charge in [-0.05, 0) is 35.7 Å². The maximum atomic E-state index is 12.9. The minimum atomic E-state index is -0.761. The van der Waals surface area contributed by atoms with Crippen LogP contribution >= 0.6 is 11.6 Å². The summed E-state index contributed by atoms with van der Waals surface area (Å²) in [6.45, 7) is 0.302. The quantitative estimate of drug-likeness (QED) is 0.440. The highest BCUT2D eigenvalue weighted by Gasteiger charge is 2.16. The van der Waals surface area contributed by atoms with Gasteiger partial charge in [-0.25, -0.2) is 4.98 Å². The van der Waals surface area contributed by atoms with E-state index in [0.717, 1.165) is 11.1 Å². The van der Waals surface area contributed by atoms with Gasteiger partial charge in [-0.2, -0.15) is 0 Å². The second-order valence-corrected chi connectivity index (χ2v) is 7.71. The lowest BCUT2D eigenvalue weighted by molar-refractivity contribution is -0.121. The number of aromatic nitrogens is 3. The van der Waals surface area contributed by atoms with Gasteiger partial charge in [0, 0.05) is 17.8 Å². The first-order valence-electron chi connectivity index (χ1n) is 10.2. The molecule has 0 radical (unpaired) electrons. The van der Waals surface area contributed by atoms with Crippen molar-refractivity contribution in [1.29, 1.82) is 0 Å². The largest absolute Gasteiger partial charge is 0.354 e. The number of carbonyl (C=O) groups is 1. The molecule has 7 nitrogen and oxygen atoms in total. The molecule has 0 atom stereocenters. The Morgan fingerprint density at radius 1 is 0.906 bits per heavy atom. The van der Waals surface area contributed by atoms with Crippen LogP contribution in [0.4, 0.5) is 0 Å². The van der Waals surface area contributed by atoms with Gasteiger partial charge in [0.15, 0.2) is 5.65 Å². The van der Waals surface area contributed by atoms with Gasteiger partial charge >= 0.3 is 11.1 Å². The number of benzene rings is 2. The van der Waals surface area contributed by atoms with Crippen molar-refractivity contribution in [3.63, 3.8) is 0 Å². The van der Waals surface area contributed by atoms with Crippen LogP contribution in [-0.4, -0.2) is 26.6 Å². The zero-order valence-corrected chi connectivity index (χ0v) is 18.0. The molecule has 0 aliphatic rings. The minimum absolute atomic E-state index is 0.216. The zero-order valence-electron chi connectivity index (χ0n) is 17.2. The van der Waals surface area contributed by atoms with Gasteiger partial charge in [0.25, 0.3) is 0 Å². The molecule has 4 rings (SSSR count). The molecular weight excluding hydrogens is 428 g/mol. The number of hydrogen-bond donors (Lipinski definition) is 1. The third kappa shape index (κ3) is 4.63. The Bertz CT molecular complexity index is 1380. The normalized spacial score (nSPS) is 10.9. The summed E-state index contributed by atoms with van der Waals surface area (Å²) >= 11 is 6.14. The Balaban J connectivity index is 1.58. The molecule has 1 N–H and O–H groups in total. The van der Waals surface area contributed by atoms with Crippen LogP contribution in [0.25, 0.3) is 11.2 Å². The van der Waals surface area contributed by atoms with Crippen LogP contribution in [0.15, 0.2) is 82.5 Å². The Kier molecular flexibility index (Phi) is 6.47. The average Bonchev–Trinajstić information content (AvgIpc) is 2.81. The summed E-state index contributed by atoms with van der Waals surface area (Å²) in [6, 6.07) is 20.1. The molecule has 4 aromatic rings. The van der Waals surface area contributed by atoms with Crippen LogP contribution in [0.2, 0.25) is 5.02 Å². The Hall–Kier alpha value is -3.71. The molecule has 0 spiro atoms. The van der Waals surface area contributed by atoms with E-state index in [4.69, 9.17) is 11.6 Å². The second kappa shape index (κ2) is 9.62. The SMILES string of the molecule is O=C(Cn1c(=O)c(=O)n(Cc2ccccc2)c2ncccc21)NCCc1ccccc1Cl. The van der Waals surface area contributed by atoms with Gasteiger partial charge in [-0.3, -0.25) is 23.5 Å². The minimum Gasteiger partial charge on any atom is -0.354 e. The van der Waals surface area contributed by atoms with Crippen molar-refractivity contribution in [3.8, 4) is 0 Å². The van der Waals surface area contributed by atoms with Crippen molar-refractivity contribution in [1.82, 2.24) is 19.4 Å². The number of amides is 1. The Labute approximate surface area is 188 Å². The van der Waals surface area contributed by atoms with Crippen LogP contribution in [0.5, 0.6) is 0 Å². The molecule has 2 heterocycles. The molecule has 162 valence electrons. The van der Waals surface area contributed by atoms with Crippen molar-refractivity contribution < 1.29 is 4.79 Å². The van der Waals surface area contributed by atoms with Crippen molar-refractivity contribution in [2.75, 3.05) is 6.54 Å². The highest BCUT2D eigenvalue weighted by molar-refractivity contribution is 6.31. The number of pyridine rings is 1. The summed E-state index contributed by atoms with van der Waals surface area (Å²) in [7, 11) is 0. The molecule has 2 aromatic heterocycles. The first kappa shape index (κ1) is 21.5. The van der Waals surface area contributed by atoms with E-state index in [0.29, 0.717) is 29.2 Å². The van der Waals surface area contributed by atoms with E-state index in [1.165, 1.54) is 9.13 Å². The standard InChI is InChI=1S/C24H21ClN4O3/c25-19-10-5-4-9-18(19)12-14-26-21(30)16-28-20-11-6-13-27-22(20)29(24(32)23(28)31)15-17-7-2-1-3-8-17/h1-11,13H,12,14-16H2,(H,26,30). The fourth-order valence-electron chi connectivity index (χ4n) is 3.55. The van der Waals surface area contributed by atoms with Gasteiger partial charge in [-0.1, -0.05) is 60.1 Å². The molecule has 0 bridgehead atoms. The third-order valence-electron chi connectivity index (χ3n) is 5.15. The highest BCUT2D eigenvalue weighted by Crippen LogP contribution is 2.15. The molecule has 32 heavy (non-hydrogen) atoms. The summed E-state index contributed by atoms with van der Waals surface area (Å²) in [5, 5.41) is 3.42. The monoisotopic (exact) mass is 448 g/mol. The Morgan fingerprint density at radius 3 is 2.41 bits per heavy atom. The average molecular weight is 449 g/mol. The van der Waals surface area contributed by atoms with Crippen LogP contribution in [0.1, 0.15) is 11.1 Å². The molecule has 1 amide bonds. The molecule has 0 saturated carbocycles. The van der Waals surface area contributed by atoms with Crippen LogP contribution in [0, 0.1) is 0 Å². The molecule has 0 aliphatic carbocycles. The predicted octanol–water partition coefficient (Wildman–Crippen LogP) is 2.62. The van der Waals surface area contributed by atoms with E-state index in [1.807, 2.05) is 48.5 Å². The molecule has 2 aromatic carbocycles. The predicted molar refractivity (Wildman–Crippen MR) is 124 cm³/mol. The van der Waals surface area contributed by atoms with E-state index in [1.54, 1.807) is 24.4 Å². The topological polar surface area (TPSA) is 86.0 Å². The Morgan fingerprint density at radius 2 is 1.62 bits per heavy atom. The van der Waals surface area contributed by atoms with Gasteiger partial charge in [-0.15, -0.1) is 0 Å². The van der Waals surface area contributed by atoms with E-state index in [2.05, 4.69) is 10.3 Å². The zero-order chi connectivity index (χ0) is 22.5. The van der Waals surface area contributed by atoms with Crippen LogP contribution in [0.3, 0.4) is 0 Å². The number of hydrogen-bond acceptors (Lipinski definition) is 4. The molecule has 0 unspecified atom stereocenters. The highest BCUT2D eigenvalue weighted by atomic mass is 35.5.